The monoisotopic (exact) mass is 339 g/mol. The fourth-order valence-corrected chi connectivity index (χ4v) is 4.98. The summed E-state index contributed by atoms with van der Waals surface area (Å²) in [6.45, 7) is 6.90. The highest BCUT2D eigenvalue weighted by molar-refractivity contribution is 5.52. The Bertz CT molecular complexity index is 547. The highest BCUT2D eigenvalue weighted by atomic mass is 15.1. The van der Waals surface area contributed by atoms with Crippen molar-refractivity contribution >= 4 is 6.08 Å². The topological polar surface area (TPSA) is 3.24 Å². The molecule has 0 aliphatic heterocycles. The van der Waals surface area contributed by atoms with Gasteiger partial charge < -0.3 is 0 Å². The summed E-state index contributed by atoms with van der Waals surface area (Å²) in [5, 5.41) is 0. The first-order valence-electron chi connectivity index (χ1n) is 10.8. The van der Waals surface area contributed by atoms with Gasteiger partial charge in [-0.3, -0.25) is 4.90 Å². The lowest BCUT2D eigenvalue weighted by Gasteiger charge is -2.32. The number of aryl methyl sites for hydroxylation is 1. The molecule has 2 saturated carbocycles. The molecular weight excluding hydrogens is 302 g/mol. The second kappa shape index (κ2) is 9.57. The van der Waals surface area contributed by atoms with Gasteiger partial charge in [0.1, 0.15) is 0 Å². The van der Waals surface area contributed by atoms with Crippen LogP contribution in [-0.2, 0) is 0 Å². The van der Waals surface area contributed by atoms with E-state index in [1.54, 1.807) is 5.56 Å². The molecule has 0 amide bonds. The summed E-state index contributed by atoms with van der Waals surface area (Å²) in [7, 11) is 0. The van der Waals surface area contributed by atoms with Crippen LogP contribution >= 0.6 is 0 Å². The van der Waals surface area contributed by atoms with Crippen molar-refractivity contribution in [2.45, 2.75) is 90.0 Å². The lowest BCUT2D eigenvalue weighted by molar-refractivity contribution is 0.181. The van der Waals surface area contributed by atoms with Gasteiger partial charge in [0.05, 0.1) is 0 Å². The average Bonchev–Trinajstić information content (AvgIpc) is 2.67. The highest BCUT2D eigenvalue weighted by Crippen LogP contribution is 2.34. The zero-order valence-electron chi connectivity index (χ0n) is 16.5. The normalized spacial score (nSPS) is 20.6. The number of rotatable bonds is 6. The van der Waals surface area contributed by atoms with Crippen LogP contribution in [0.4, 0.5) is 0 Å². The van der Waals surface area contributed by atoms with E-state index in [2.05, 4.69) is 49.1 Å². The maximum atomic E-state index is 2.67. The molecule has 3 rings (SSSR count). The summed E-state index contributed by atoms with van der Waals surface area (Å²) < 4.78 is 0. The summed E-state index contributed by atoms with van der Waals surface area (Å²) in [4.78, 5) is 2.67. The smallest absolute Gasteiger partial charge is 0.0169 e. The Kier molecular flexibility index (Phi) is 7.16. The molecule has 1 nitrogen and oxygen atoms in total. The molecule has 1 heteroatoms. The second-order valence-electron chi connectivity index (χ2n) is 8.23. The molecule has 1 aromatic carbocycles. The van der Waals surface area contributed by atoms with Crippen LogP contribution in [-0.4, -0.2) is 24.0 Å². The van der Waals surface area contributed by atoms with Crippen LogP contribution in [0.25, 0.3) is 6.08 Å². The molecule has 2 fully saturated rings. The molecule has 25 heavy (non-hydrogen) atoms. The third-order valence-corrected chi connectivity index (χ3v) is 6.49. The summed E-state index contributed by atoms with van der Waals surface area (Å²) in [5.74, 6) is 0.814. The van der Waals surface area contributed by atoms with E-state index in [1.807, 2.05) is 0 Å². The SMILES string of the molecule is CCN(C/C=C\c1ccc(C2CCCCC2)c(C)c1)C1CCCCC1. The van der Waals surface area contributed by atoms with Crippen molar-refractivity contribution in [3.05, 3.63) is 41.0 Å². The van der Waals surface area contributed by atoms with E-state index in [0.717, 1.165) is 18.5 Å². The molecule has 0 N–H and O–H groups in total. The van der Waals surface area contributed by atoms with Gasteiger partial charge in [0.25, 0.3) is 0 Å². The molecule has 0 bridgehead atoms. The first kappa shape index (κ1) is 18.7. The quantitative estimate of drug-likeness (QED) is 0.556. The van der Waals surface area contributed by atoms with E-state index in [1.165, 1.54) is 81.9 Å². The van der Waals surface area contributed by atoms with Crippen molar-refractivity contribution in [2.24, 2.45) is 0 Å². The van der Waals surface area contributed by atoms with Crippen LogP contribution in [0.3, 0.4) is 0 Å². The Morgan fingerprint density at radius 2 is 1.64 bits per heavy atom. The molecule has 2 aliphatic rings. The van der Waals surface area contributed by atoms with Gasteiger partial charge in [-0.05, 0) is 61.8 Å². The first-order chi connectivity index (χ1) is 12.3. The van der Waals surface area contributed by atoms with Gasteiger partial charge in [0, 0.05) is 12.6 Å². The predicted molar refractivity (Wildman–Crippen MR) is 110 cm³/mol. The predicted octanol–water partition coefficient (Wildman–Crippen LogP) is 6.71. The van der Waals surface area contributed by atoms with Crippen molar-refractivity contribution in [3.8, 4) is 0 Å². The first-order valence-corrected chi connectivity index (χ1v) is 10.8. The number of hydrogen-bond donors (Lipinski definition) is 0. The molecule has 138 valence electrons. The van der Waals surface area contributed by atoms with Gasteiger partial charge in [-0.15, -0.1) is 0 Å². The Morgan fingerprint density at radius 1 is 0.960 bits per heavy atom. The number of likely N-dealkylation sites (N-methyl/N-ethyl adjacent to an activating group) is 1. The molecule has 0 aromatic heterocycles. The molecule has 0 atom stereocenters. The van der Waals surface area contributed by atoms with Crippen LogP contribution in [0.15, 0.2) is 24.3 Å². The van der Waals surface area contributed by atoms with E-state index in [4.69, 9.17) is 0 Å². The van der Waals surface area contributed by atoms with Gasteiger partial charge in [-0.2, -0.15) is 0 Å². The summed E-state index contributed by atoms with van der Waals surface area (Å²) in [6.07, 6.45) is 18.9. The van der Waals surface area contributed by atoms with Gasteiger partial charge >= 0.3 is 0 Å². The molecule has 0 radical (unpaired) electrons. The van der Waals surface area contributed by atoms with Crippen LogP contribution in [0.2, 0.25) is 0 Å². The Morgan fingerprint density at radius 3 is 2.28 bits per heavy atom. The Hall–Kier alpha value is -1.08. The van der Waals surface area contributed by atoms with Gasteiger partial charge in [0.15, 0.2) is 0 Å². The van der Waals surface area contributed by atoms with Crippen LogP contribution < -0.4 is 0 Å². The number of hydrogen-bond acceptors (Lipinski definition) is 1. The lowest BCUT2D eigenvalue weighted by Crippen LogP contribution is -2.36. The number of benzene rings is 1. The maximum absolute atomic E-state index is 2.67. The van der Waals surface area contributed by atoms with Crippen LogP contribution in [0.5, 0.6) is 0 Å². The third kappa shape index (κ3) is 5.20. The summed E-state index contributed by atoms with van der Waals surface area (Å²) in [6, 6.07) is 7.96. The zero-order chi connectivity index (χ0) is 17.5. The van der Waals surface area contributed by atoms with Crippen LogP contribution in [0.1, 0.15) is 93.7 Å². The van der Waals surface area contributed by atoms with Crippen molar-refractivity contribution < 1.29 is 0 Å². The summed E-state index contributed by atoms with van der Waals surface area (Å²) in [5.41, 5.74) is 4.47. The van der Waals surface area contributed by atoms with E-state index < -0.39 is 0 Å². The largest absolute Gasteiger partial charge is 0.297 e. The minimum atomic E-state index is 0.814. The molecule has 2 aliphatic carbocycles. The molecule has 0 heterocycles. The average molecular weight is 340 g/mol. The number of nitrogens with zero attached hydrogens (tertiary/aromatic N) is 1. The minimum absolute atomic E-state index is 0.814. The van der Waals surface area contributed by atoms with E-state index in [9.17, 15) is 0 Å². The minimum Gasteiger partial charge on any atom is -0.297 e. The standard InChI is InChI=1S/C24H37N/c1-3-25(23-14-8-5-9-15-23)18-10-11-21-16-17-24(20(2)19-21)22-12-6-4-7-13-22/h10-11,16-17,19,22-23H,3-9,12-15,18H2,1-2H3/b11-10-. The van der Waals surface area contributed by atoms with Gasteiger partial charge in [-0.25, -0.2) is 0 Å². The Balaban J connectivity index is 1.58. The summed E-state index contributed by atoms with van der Waals surface area (Å²) >= 11 is 0. The van der Waals surface area contributed by atoms with Crippen molar-refractivity contribution in [1.29, 1.82) is 0 Å². The third-order valence-electron chi connectivity index (χ3n) is 6.49. The second-order valence-corrected chi connectivity index (χ2v) is 8.23. The van der Waals surface area contributed by atoms with E-state index in [-0.39, 0.29) is 0 Å². The molecule has 0 saturated heterocycles. The molecular formula is C24H37N. The van der Waals surface area contributed by atoms with Crippen molar-refractivity contribution in [1.82, 2.24) is 4.90 Å². The zero-order valence-corrected chi connectivity index (χ0v) is 16.5. The molecule has 1 aromatic rings. The lowest BCUT2D eigenvalue weighted by atomic mass is 9.82. The van der Waals surface area contributed by atoms with Gasteiger partial charge in [-0.1, -0.05) is 75.8 Å². The van der Waals surface area contributed by atoms with Crippen molar-refractivity contribution in [2.75, 3.05) is 13.1 Å². The van der Waals surface area contributed by atoms with Crippen molar-refractivity contribution in [3.63, 3.8) is 0 Å². The molecule has 0 unspecified atom stereocenters. The van der Waals surface area contributed by atoms with Gasteiger partial charge in [0.2, 0.25) is 0 Å². The van der Waals surface area contributed by atoms with E-state index >= 15 is 0 Å². The van der Waals surface area contributed by atoms with Crippen LogP contribution in [0, 0.1) is 6.92 Å². The maximum Gasteiger partial charge on any atom is 0.0169 e. The molecule has 0 spiro atoms. The van der Waals surface area contributed by atoms with E-state index in [0.29, 0.717) is 0 Å². The highest BCUT2D eigenvalue weighted by Gasteiger charge is 2.19. The fourth-order valence-electron chi connectivity index (χ4n) is 4.98. The Labute approximate surface area is 155 Å². The fraction of sp³-hybridized carbons (Fsp3) is 0.667.